The molecule has 82 heavy (non-hydrogen) atoms. The number of aryl methyl sites for hydroxylation is 4. The predicted molar refractivity (Wildman–Crippen MR) is 304 cm³/mol. The van der Waals surface area contributed by atoms with Crippen molar-refractivity contribution in [2.75, 3.05) is 27.3 Å². The second-order valence-electron chi connectivity index (χ2n) is 20.7. The van der Waals surface area contributed by atoms with Gasteiger partial charge in [-0.2, -0.15) is 10.5 Å². The lowest BCUT2D eigenvalue weighted by atomic mass is 9.88. The molecule has 0 saturated carbocycles. The lowest BCUT2D eigenvalue weighted by Gasteiger charge is -2.35. The SMILES string of the molecule is Cc1ccc(C(=O)OCC2O[C@@H](/C(C#N)=C/N(C)C)[C@](C)(OCc3ccccc3)[C@@H]2OC(=O)c2ccc(C)cc2)cc1.Cc1ccc(C(=O)OCC2O[C@@H](/C(C#N)=C/O)[C@](C)(OCc3ccccc3)[C@@H]2OC(=O)c2ccc(C)cc2)cc1. The van der Waals surface area contributed by atoms with Crippen molar-refractivity contribution < 1.29 is 62.2 Å². The summed E-state index contributed by atoms with van der Waals surface area (Å²) in [6.07, 6.45) is -3.80. The molecule has 8 rings (SSSR count). The molecule has 2 unspecified atom stereocenters. The summed E-state index contributed by atoms with van der Waals surface area (Å²) in [6, 6.07) is 50.9. The molecule has 2 fully saturated rings. The van der Waals surface area contributed by atoms with Crippen LogP contribution in [0.5, 0.6) is 0 Å². The maximum Gasteiger partial charge on any atom is 0.338 e. The van der Waals surface area contributed by atoms with Crippen molar-refractivity contribution in [2.24, 2.45) is 0 Å². The van der Waals surface area contributed by atoms with Gasteiger partial charge in [-0.25, -0.2) is 19.2 Å². The van der Waals surface area contributed by atoms with Gasteiger partial charge in [0.25, 0.3) is 0 Å². The summed E-state index contributed by atoms with van der Waals surface area (Å²) in [6.45, 7) is 10.9. The molecule has 16 heteroatoms. The van der Waals surface area contributed by atoms with Gasteiger partial charge in [-0.15, -0.1) is 0 Å². The first-order valence-electron chi connectivity index (χ1n) is 26.6. The van der Waals surface area contributed by atoms with Crippen LogP contribution in [0.1, 0.15) is 88.7 Å². The number of hydrogen-bond donors (Lipinski definition) is 1. The highest BCUT2D eigenvalue weighted by molar-refractivity contribution is 5.91. The Balaban J connectivity index is 0.000000236. The number of esters is 4. The first kappa shape index (κ1) is 60.7. The fraction of sp³-hybridized carbons (Fsp3) is 0.303. The molecular formula is C66H67N3O13. The fourth-order valence-electron chi connectivity index (χ4n) is 9.34. The molecule has 2 aliphatic rings. The van der Waals surface area contributed by atoms with Crippen molar-refractivity contribution in [3.63, 3.8) is 0 Å². The molecule has 16 nitrogen and oxygen atoms in total. The Bertz CT molecular complexity index is 3280. The Morgan fingerprint density at radius 3 is 1.13 bits per heavy atom. The van der Waals surface area contributed by atoms with Gasteiger partial charge in [0.2, 0.25) is 0 Å². The van der Waals surface area contributed by atoms with Gasteiger partial charge in [0, 0.05) is 20.3 Å². The molecule has 2 heterocycles. The summed E-state index contributed by atoms with van der Waals surface area (Å²) >= 11 is 0. The normalized spacial score (nSPS) is 22.1. The Morgan fingerprint density at radius 1 is 0.512 bits per heavy atom. The molecule has 0 spiro atoms. The third kappa shape index (κ3) is 15.3. The van der Waals surface area contributed by atoms with Crippen LogP contribution in [-0.2, 0) is 51.1 Å². The van der Waals surface area contributed by atoms with Crippen molar-refractivity contribution >= 4 is 23.9 Å². The molecule has 0 aliphatic carbocycles. The number of carbonyl (C=O) groups is 4. The molecule has 0 radical (unpaired) electrons. The van der Waals surface area contributed by atoms with Crippen LogP contribution in [0.3, 0.4) is 0 Å². The number of ether oxygens (including phenoxy) is 8. The molecule has 6 aromatic carbocycles. The third-order valence-electron chi connectivity index (χ3n) is 14.0. The summed E-state index contributed by atoms with van der Waals surface area (Å²) < 4.78 is 48.7. The van der Waals surface area contributed by atoms with Gasteiger partial charge >= 0.3 is 23.9 Å². The van der Waals surface area contributed by atoms with Crippen molar-refractivity contribution in [1.82, 2.24) is 4.90 Å². The highest BCUT2D eigenvalue weighted by Gasteiger charge is 2.60. The maximum atomic E-state index is 13.4. The van der Waals surface area contributed by atoms with Crippen molar-refractivity contribution in [3.05, 3.63) is 237 Å². The quantitative estimate of drug-likeness (QED) is 0.0346. The highest BCUT2D eigenvalue weighted by atomic mass is 16.7. The number of carbonyl (C=O) groups excluding carboxylic acids is 4. The number of hydrogen-bond acceptors (Lipinski definition) is 16. The topological polar surface area (TPSA) is 213 Å². The van der Waals surface area contributed by atoms with Gasteiger partial charge in [-0.05, 0) is 101 Å². The summed E-state index contributed by atoms with van der Waals surface area (Å²) in [7, 11) is 3.59. The van der Waals surface area contributed by atoms with E-state index in [9.17, 15) is 34.8 Å². The van der Waals surface area contributed by atoms with E-state index in [0.29, 0.717) is 28.5 Å². The highest BCUT2D eigenvalue weighted by Crippen LogP contribution is 2.43. The maximum absolute atomic E-state index is 13.4. The van der Waals surface area contributed by atoms with Crippen molar-refractivity contribution in [1.29, 1.82) is 10.5 Å². The molecule has 8 atom stereocenters. The van der Waals surface area contributed by atoms with Crippen LogP contribution in [-0.4, -0.2) is 109 Å². The Hall–Kier alpha value is -8.90. The zero-order valence-electron chi connectivity index (χ0n) is 47.1. The number of nitrogens with zero attached hydrogens (tertiary/aromatic N) is 3. The van der Waals surface area contributed by atoms with Crippen LogP contribution < -0.4 is 0 Å². The van der Waals surface area contributed by atoms with Crippen molar-refractivity contribution in [3.8, 4) is 12.1 Å². The minimum absolute atomic E-state index is 0.107. The van der Waals surface area contributed by atoms with Gasteiger partial charge in [-0.1, -0.05) is 131 Å². The number of aliphatic hydroxyl groups is 1. The van der Waals surface area contributed by atoms with Crippen LogP contribution in [0.4, 0.5) is 0 Å². The summed E-state index contributed by atoms with van der Waals surface area (Å²) in [4.78, 5) is 54.1. The van der Waals surface area contributed by atoms with Gasteiger partial charge in [0.15, 0.2) is 12.2 Å². The zero-order chi connectivity index (χ0) is 59.0. The van der Waals surface area contributed by atoms with Crippen LogP contribution >= 0.6 is 0 Å². The number of benzene rings is 6. The van der Waals surface area contributed by atoms with Crippen LogP contribution in [0.15, 0.2) is 181 Å². The minimum atomic E-state index is -1.43. The van der Waals surface area contributed by atoms with E-state index < -0.39 is 71.7 Å². The van der Waals surface area contributed by atoms with E-state index in [1.165, 1.54) is 0 Å². The average Bonchev–Trinajstić information content (AvgIpc) is 4.16. The standard InChI is InChI=1S/C34H36N2O6.C32H31NO7/c1-23-11-15-26(16-12-23)32(37)39-22-29-31(42-33(38)27-17-13-24(2)14-18-27)34(3,40-21-25-9-7-6-8-10-25)30(41-29)28(19-35)20-36(4)5;1-21-9-13-24(14-10-21)30(35)37-20-27-29(40-31(36)25-15-11-22(2)12-16-25)32(3,28(39-27)26(17-33)18-34)38-19-23-7-5-4-6-8-23/h6-18,20,29-31H,21-22H2,1-5H3;4-16,18,27-29,34H,19-20H2,1-3H3/b28-20+;26-18+/t29?,30-,31+,34-;27?,28-,29+,32-/m00/s1. The number of rotatable bonds is 19. The fourth-order valence-corrected chi connectivity index (χ4v) is 9.34. The lowest BCUT2D eigenvalue weighted by Crippen LogP contribution is -2.51. The third-order valence-corrected chi connectivity index (χ3v) is 14.0. The molecular weight excluding hydrogens is 1040 g/mol. The Morgan fingerprint density at radius 2 is 0.829 bits per heavy atom. The molecule has 0 bridgehead atoms. The first-order valence-corrected chi connectivity index (χ1v) is 26.6. The minimum Gasteiger partial charge on any atom is -0.514 e. The van der Waals surface area contributed by atoms with E-state index in [-0.39, 0.29) is 37.6 Å². The monoisotopic (exact) mass is 1110 g/mol. The van der Waals surface area contributed by atoms with Gasteiger partial charge in [-0.3, -0.25) is 0 Å². The molecule has 424 valence electrons. The number of nitriles is 2. The van der Waals surface area contributed by atoms with Crippen LogP contribution in [0, 0.1) is 50.4 Å². The lowest BCUT2D eigenvalue weighted by molar-refractivity contribution is -0.120. The largest absolute Gasteiger partial charge is 0.514 e. The van der Waals surface area contributed by atoms with E-state index in [1.54, 1.807) is 112 Å². The molecule has 2 saturated heterocycles. The van der Waals surface area contributed by atoms with Gasteiger partial charge in [0.1, 0.15) is 54.9 Å². The van der Waals surface area contributed by atoms with E-state index in [1.807, 2.05) is 119 Å². The Labute approximate surface area is 478 Å². The Kier molecular flexibility index (Phi) is 20.7. The zero-order valence-corrected chi connectivity index (χ0v) is 47.1. The van der Waals surface area contributed by atoms with E-state index >= 15 is 0 Å². The average molecular weight is 1110 g/mol. The van der Waals surface area contributed by atoms with E-state index in [4.69, 9.17) is 37.9 Å². The van der Waals surface area contributed by atoms with Crippen molar-refractivity contribution in [2.45, 2.75) is 103 Å². The first-order chi connectivity index (χ1) is 39.3. The molecule has 1 N–H and O–H groups in total. The number of aliphatic hydroxyl groups excluding tert-OH is 1. The second-order valence-corrected chi connectivity index (χ2v) is 20.7. The molecule has 2 aliphatic heterocycles. The molecule has 6 aromatic rings. The molecule has 0 aromatic heterocycles. The smallest absolute Gasteiger partial charge is 0.338 e. The van der Waals surface area contributed by atoms with Gasteiger partial charge < -0.3 is 47.9 Å². The van der Waals surface area contributed by atoms with E-state index in [0.717, 1.165) is 33.4 Å². The second kappa shape index (κ2) is 28.0. The van der Waals surface area contributed by atoms with E-state index in [2.05, 4.69) is 6.07 Å². The van der Waals surface area contributed by atoms with Crippen LogP contribution in [0.25, 0.3) is 0 Å². The molecule has 0 amide bonds. The summed E-state index contributed by atoms with van der Waals surface area (Å²) in [5.41, 5.74) is 4.53. The van der Waals surface area contributed by atoms with Crippen LogP contribution in [0.2, 0.25) is 0 Å². The van der Waals surface area contributed by atoms with Gasteiger partial charge in [0.05, 0.1) is 58.9 Å². The predicted octanol–water partition coefficient (Wildman–Crippen LogP) is 10.8. The summed E-state index contributed by atoms with van der Waals surface area (Å²) in [5, 5.41) is 29.7. The summed E-state index contributed by atoms with van der Waals surface area (Å²) in [5.74, 6) is -2.34.